The van der Waals surface area contributed by atoms with E-state index in [1.165, 1.54) is 0 Å². The van der Waals surface area contributed by atoms with Crippen LogP contribution in [0.25, 0.3) is 11.3 Å². The molecule has 2 rings (SSSR count). The van der Waals surface area contributed by atoms with Gasteiger partial charge >= 0.3 is 0 Å². The van der Waals surface area contributed by atoms with E-state index in [9.17, 15) is 0 Å². The minimum absolute atomic E-state index is 0.0810. The van der Waals surface area contributed by atoms with E-state index in [-0.39, 0.29) is 6.61 Å². The van der Waals surface area contributed by atoms with Crippen LogP contribution in [0, 0.1) is 6.92 Å². The molecule has 0 atom stereocenters. The van der Waals surface area contributed by atoms with E-state index in [0.29, 0.717) is 12.2 Å². The lowest BCUT2D eigenvalue weighted by molar-refractivity contribution is 0.296. The van der Waals surface area contributed by atoms with Crippen LogP contribution in [0.15, 0.2) is 36.4 Å². The van der Waals surface area contributed by atoms with Crippen molar-refractivity contribution in [3.63, 3.8) is 0 Å². The van der Waals surface area contributed by atoms with Crippen LogP contribution < -0.4 is 0 Å². The fraction of sp³-hybridized carbons (Fsp3) is 0.231. The Labute approximate surface area is 94.8 Å². The summed E-state index contributed by atoms with van der Waals surface area (Å²) in [5.74, 6) is 0.696. The molecule has 1 heterocycles. The number of aryl methyl sites for hydroxylation is 1. The van der Waals surface area contributed by atoms with Gasteiger partial charge in [-0.2, -0.15) is 0 Å². The summed E-state index contributed by atoms with van der Waals surface area (Å²) in [5, 5.41) is 8.89. The molecule has 3 heteroatoms. The Morgan fingerprint density at radius 1 is 1.12 bits per heavy atom. The van der Waals surface area contributed by atoms with Crippen molar-refractivity contribution in [2.75, 3.05) is 6.61 Å². The van der Waals surface area contributed by atoms with Crippen molar-refractivity contribution in [1.82, 2.24) is 9.97 Å². The Morgan fingerprint density at radius 3 is 2.56 bits per heavy atom. The van der Waals surface area contributed by atoms with Crippen LogP contribution in [0.4, 0.5) is 0 Å². The highest BCUT2D eigenvalue weighted by molar-refractivity contribution is 5.58. The molecule has 0 fully saturated rings. The fourth-order valence-corrected chi connectivity index (χ4v) is 1.60. The molecular formula is C13H14N2O. The Hall–Kier alpha value is -1.74. The Kier molecular flexibility index (Phi) is 3.27. The number of nitrogens with zero attached hydrogens (tertiary/aromatic N) is 2. The van der Waals surface area contributed by atoms with Crippen molar-refractivity contribution >= 4 is 0 Å². The topological polar surface area (TPSA) is 46.0 Å². The molecule has 0 bridgehead atoms. The molecule has 0 aliphatic carbocycles. The number of aliphatic hydroxyl groups is 1. The van der Waals surface area contributed by atoms with Gasteiger partial charge < -0.3 is 5.11 Å². The summed E-state index contributed by atoms with van der Waals surface area (Å²) in [6.07, 6.45) is 0.502. The van der Waals surface area contributed by atoms with E-state index in [1.54, 1.807) is 0 Å². The van der Waals surface area contributed by atoms with Crippen LogP contribution in [0.2, 0.25) is 0 Å². The minimum atomic E-state index is 0.0810. The van der Waals surface area contributed by atoms with E-state index in [4.69, 9.17) is 5.11 Å². The van der Waals surface area contributed by atoms with Crippen LogP contribution in [-0.4, -0.2) is 21.7 Å². The van der Waals surface area contributed by atoms with E-state index in [1.807, 2.05) is 43.3 Å². The van der Waals surface area contributed by atoms with E-state index >= 15 is 0 Å². The minimum Gasteiger partial charge on any atom is -0.396 e. The lowest BCUT2D eigenvalue weighted by atomic mass is 10.1. The highest BCUT2D eigenvalue weighted by Gasteiger charge is 2.03. The Bertz CT molecular complexity index is 469. The first-order chi connectivity index (χ1) is 7.79. The molecule has 3 nitrogen and oxygen atoms in total. The van der Waals surface area contributed by atoms with E-state index in [0.717, 1.165) is 17.0 Å². The average Bonchev–Trinajstić information content (AvgIpc) is 2.30. The summed E-state index contributed by atoms with van der Waals surface area (Å²) < 4.78 is 0. The van der Waals surface area contributed by atoms with Crippen molar-refractivity contribution in [1.29, 1.82) is 0 Å². The monoisotopic (exact) mass is 214 g/mol. The molecule has 1 N–H and O–H groups in total. The summed E-state index contributed by atoms with van der Waals surface area (Å²) >= 11 is 0. The predicted molar refractivity (Wildman–Crippen MR) is 63.0 cm³/mol. The summed E-state index contributed by atoms with van der Waals surface area (Å²) in [5.41, 5.74) is 2.92. The highest BCUT2D eigenvalue weighted by Crippen LogP contribution is 2.17. The maximum Gasteiger partial charge on any atom is 0.131 e. The van der Waals surface area contributed by atoms with Crippen molar-refractivity contribution < 1.29 is 5.11 Å². The molecule has 0 spiro atoms. The van der Waals surface area contributed by atoms with Gasteiger partial charge in [-0.3, -0.25) is 0 Å². The van der Waals surface area contributed by atoms with Crippen LogP contribution in [0.1, 0.15) is 11.5 Å². The molecule has 82 valence electrons. The summed E-state index contributed by atoms with van der Waals surface area (Å²) in [6.45, 7) is 2.02. The SMILES string of the molecule is Cc1cc(-c2ccccc2)nc(CCO)n1. The molecule has 0 aliphatic rings. The lowest BCUT2D eigenvalue weighted by Gasteiger charge is -2.05. The van der Waals surface area contributed by atoms with Crippen LogP contribution in [-0.2, 0) is 6.42 Å². The number of benzene rings is 1. The second kappa shape index (κ2) is 4.86. The largest absolute Gasteiger partial charge is 0.396 e. The van der Waals surface area contributed by atoms with Crippen molar-refractivity contribution in [3.05, 3.63) is 47.9 Å². The first-order valence-corrected chi connectivity index (χ1v) is 5.30. The molecule has 0 saturated carbocycles. The van der Waals surface area contributed by atoms with Crippen molar-refractivity contribution in [3.8, 4) is 11.3 Å². The Balaban J connectivity index is 2.41. The second-order valence-electron chi connectivity index (χ2n) is 3.65. The van der Waals surface area contributed by atoms with Crippen LogP contribution in [0.5, 0.6) is 0 Å². The van der Waals surface area contributed by atoms with Gasteiger partial charge in [-0.05, 0) is 13.0 Å². The molecule has 16 heavy (non-hydrogen) atoms. The van der Waals surface area contributed by atoms with Gasteiger partial charge in [0.25, 0.3) is 0 Å². The molecule has 0 unspecified atom stereocenters. The third kappa shape index (κ3) is 2.44. The molecule has 2 aromatic rings. The van der Waals surface area contributed by atoms with Crippen LogP contribution >= 0.6 is 0 Å². The normalized spacial score (nSPS) is 10.4. The lowest BCUT2D eigenvalue weighted by Crippen LogP contribution is -2.01. The van der Waals surface area contributed by atoms with Gasteiger partial charge in [0.1, 0.15) is 5.82 Å². The van der Waals surface area contributed by atoms with Gasteiger partial charge in [-0.15, -0.1) is 0 Å². The van der Waals surface area contributed by atoms with Gasteiger partial charge in [-0.25, -0.2) is 9.97 Å². The van der Waals surface area contributed by atoms with E-state index in [2.05, 4.69) is 9.97 Å². The number of rotatable bonds is 3. The first-order valence-electron chi connectivity index (χ1n) is 5.30. The van der Waals surface area contributed by atoms with E-state index < -0.39 is 0 Å². The highest BCUT2D eigenvalue weighted by atomic mass is 16.3. The molecule has 0 radical (unpaired) electrons. The second-order valence-corrected chi connectivity index (χ2v) is 3.65. The average molecular weight is 214 g/mol. The zero-order valence-corrected chi connectivity index (χ0v) is 9.22. The fourth-order valence-electron chi connectivity index (χ4n) is 1.60. The molecule has 0 aliphatic heterocycles. The number of aliphatic hydroxyl groups excluding tert-OH is 1. The maximum absolute atomic E-state index is 8.89. The predicted octanol–water partition coefficient (Wildman–Crippen LogP) is 1.99. The summed E-state index contributed by atoms with van der Waals surface area (Å²) in [7, 11) is 0. The van der Waals surface area contributed by atoms with Gasteiger partial charge in [0.15, 0.2) is 0 Å². The third-order valence-corrected chi connectivity index (χ3v) is 2.31. The molecule has 0 saturated heterocycles. The smallest absolute Gasteiger partial charge is 0.131 e. The maximum atomic E-state index is 8.89. The van der Waals surface area contributed by atoms with Gasteiger partial charge in [0.2, 0.25) is 0 Å². The molecule has 1 aromatic heterocycles. The first kappa shape index (κ1) is 10.8. The third-order valence-electron chi connectivity index (χ3n) is 2.31. The summed E-state index contributed by atoms with van der Waals surface area (Å²) in [4.78, 5) is 8.70. The number of hydrogen-bond acceptors (Lipinski definition) is 3. The van der Waals surface area contributed by atoms with Crippen molar-refractivity contribution in [2.45, 2.75) is 13.3 Å². The number of aromatic nitrogens is 2. The summed E-state index contributed by atoms with van der Waals surface area (Å²) in [6, 6.07) is 11.9. The molecule has 1 aromatic carbocycles. The van der Waals surface area contributed by atoms with Gasteiger partial charge in [0.05, 0.1) is 12.3 Å². The standard InChI is InChI=1S/C13H14N2O/c1-10-9-12(11-5-3-2-4-6-11)15-13(14-10)7-8-16/h2-6,9,16H,7-8H2,1H3. The van der Waals surface area contributed by atoms with Crippen LogP contribution in [0.3, 0.4) is 0 Å². The van der Waals surface area contributed by atoms with Gasteiger partial charge in [-0.1, -0.05) is 30.3 Å². The van der Waals surface area contributed by atoms with Gasteiger partial charge in [0, 0.05) is 17.7 Å². The van der Waals surface area contributed by atoms with Crippen molar-refractivity contribution in [2.24, 2.45) is 0 Å². The zero-order valence-electron chi connectivity index (χ0n) is 9.22. The number of hydrogen-bond donors (Lipinski definition) is 1. The quantitative estimate of drug-likeness (QED) is 0.849. The Morgan fingerprint density at radius 2 is 1.88 bits per heavy atom. The molecule has 0 amide bonds. The molecular weight excluding hydrogens is 200 g/mol. The zero-order chi connectivity index (χ0) is 11.4.